The summed E-state index contributed by atoms with van der Waals surface area (Å²) in [6, 6.07) is 0. The summed E-state index contributed by atoms with van der Waals surface area (Å²) in [4.78, 5) is 2.62. The van der Waals surface area contributed by atoms with E-state index in [0.29, 0.717) is 12.5 Å². The molecular weight excluding hydrogens is 236 g/mol. The summed E-state index contributed by atoms with van der Waals surface area (Å²) in [6.45, 7) is 9.70. The van der Waals surface area contributed by atoms with Gasteiger partial charge in [-0.25, -0.2) is 0 Å². The molecule has 1 heterocycles. The predicted molar refractivity (Wildman–Crippen MR) is 80.3 cm³/mol. The quantitative estimate of drug-likeness (QED) is 0.743. The minimum absolute atomic E-state index is 0.0291. The van der Waals surface area contributed by atoms with Crippen LogP contribution in [-0.4, -0.2) is 48.3 Å². The molecular formula is C16H32N2O. The lowest BCUT2D eigenvalue weighted by Crippen LogP contribution is -2.52. The molecule has 0 aromatic carbocycles. The molecule has 0 amide bonds. The van der Waals surface area contributed by atoms with Crippen molar-refractivity contribution < 1.29 is 5.11 Å². The molecule has 112 valence electrons. The fourth-order valence-corrected chi connectivity index (χ4v) is 4.00. The van der Waals surface area contributed by atoms with Crippen molar-refractivity contribution in [1.29, 1.82) is 0 Å². The van der Waals surface area contributed by atoms with Crippen LogP contribution in [0.4, 0.5) is 0 Å². The first kappa shape index (κ1) is 15.3. The normalized spacial score (nSPS) is 36.2. The van der Waals surface area contributed by atoms with Crippen molar-refractivity contribution in [3.63, 3.8) is 0 Å². The molecule has 3 nitrogen and oxygen atoms in total. The number of aliphatic hydroxyl groups excluding tert-OH is 1. The van der Waals surface area contributed by atoms with Gasteiger partial charge in [0, 0.05) is 12.1 Å². The zero-order valence-corrected chi connectivity index (χ0v) is 12.8. The molecule has 0 bridgehead atoms. The summed E-state index contributed by atoms with van der Waals surface area (Å²) in [7, 11) is 0. The molecule has 1 saturated carbocycles. The van der Waals surface area contributed by atoms with Crippen LogP contribution in [-0.2, 0) is 0 Å². The number of rotatable bonds is 7. The summed E-state index contributed by atoms with van der Waals surface area (Å²) in [5.74, 6) is 1.55. The van der Waals surface area contributed by atoms with E-state index < -0.39 is 0 Å². The second-order valence-corrected chi connectivity index (χ2v) is 6.81. The zero-order valence-electron chi connectivity index (χ0n) is 12.8. The lowest BCUT2D eigenvalue weighted by molar-refractivity contribution is 0.113. The first-order valence-corrected chi connectivity index (χ1v) is 8.28. The minimum atomic E-state index is 0.0291. The zero-order chi connectivity index (χ0) is 13.7. The lowest BCUT2D eigenvalue weighted by atomic mass is 9.85. The van der Waals surface area contributed by atoms with Crippen LogP contribution in [0.2, 0.25) is 0 Å². The van der Waals surface area contributed by atoms with Crippen molar-refractivity contribution >= 4 is 0 Å². The van der Waals surface area contributed by atoms with E-state index in [1.54, 1.807) is 0 Å². The Morgan fingerprint density at radius 2 is 2.21 bits per heavy atom. The number of nitrogens with one attached hydrogen (secondary N) is 1. The van der Waals surface area contributed by atoms with Gasteiger partial charge in [-0.15, -0.1) is 0 Å². The number of hydrogen-bond donors (Lipinski definition) is 2. The molecule has 3 unspecified atom stereocenters. The molecule has 3 atom stereocenters. The molecule has 2 fully saturated rings. The van der Waals surface area contributed by atoms with E-state index in [9.17, 15) is 5.11 Å². The summed E-state index contributed by atoms with van der Waals surface area (Å²) >= 11 is 0. The molecule has 0 aromatic heterocycles. The smallest absolute Gasteiger partial charge is 0.0616 e. The third-order valence-corrected chi connectivity index (χ3v) is 5.27. The highest BCUT2D eigenvalue weighted by atomic mass is 16.3. The molecule has 2 aliphatic rings. The Morgan fingerprint density at radius 3 is 2.84 bits per heavy atom. The van der Waals surface area contributed by atoms with Crippen LogP contribution in [0, 0.1) is 11.8 Å². The first-order valence-electron chi connectivity index (χ1n) is 8.28. The summed E-state index contributed by atoms with van der Waals surface area (Å²) < 4.78 is 0. The number of aliphatic hydroxyl groups is 1. The maximum absolute atomic E-state index is 9.87. The summed E-state index contributed by atoms with van der Waals surface area (Å²) in [5, 5.41) is 13.5. The third kappa shape index (κ3) is 3.71. The molecule has 0 spiro atoms. The van der Waals surface area contributed by atoms with Crippen molar-refractivity contribution in [2.24, 2.45) is 11.8 Å². The van der Waals surface area contributed by atoms with Gasteiger partial charge in [-0.1, -0.05) is 20.3 Å². The van der Waals surface area contributed by atoms with E-state index >= 15 is 0 Å². The highest BCUT2D eigenvalue weighted by molar-refractivity contribution is 4.99. The highest BCUT2D eigenvalue weighted by Gasteiger charge is 2.41. The standard InChI is InChI=1S/C16H32N2O/c1-3-9-17-16(13-19)8-4-5-15(16)7-11-18-10-6-14(2)12-18/h14-15,17,19H,3-13H2,1-2H3. The van der Waals surface area contributed by atoms with Crippen LogP contribution in [0.5, 0.6) is 0 Å². The van der Waals surface area contributed by atoms with Crippen molar-refractivity contribution in [3.8, 4) is 0 Å². The molecule has 1 aliphatic heterocycles. The Labute approximate surface area is 118 Å². The number of hydrogen-bond acceptors (Lipinski definition) is 3. The van der Waals surface area contributed by atoms with Crippen molar-refractivity contribution in [2.75, 3.05) is 32.8 Å². The molecule has 2 rings (SSSR count). The van der Waals surface area contributed by atoms with Crippen molar-refractivity contribution in [2.45, 2.75) is 57.9 Å². The van der Waals surface area contributed by atoms with Gasteiger partial charge in [0.25, 0.3) is 0 Å². The first-order chi connectivity index (χ1) is 9.20. The van der Waals surface area contributed by atoms with Gasteiger partial charge < -0.3 is 15.3 Å². The summed E-state index contributed by atoms with van der Waals surface area (Å²) in [5.41, 5.74) is 0.0291. The maximum atomic E-state index is 9.87. The molecule has 1 aliphatic carbocycles. The minimum Gasteiger partial charge on any atom is -0.394 e. The molecule has 0 radical (unpaired) electrons. The lowest BCUT2D eigenvalue weighted by Gasteiger charge is -2.36. The summed E-state index contributed by atoms with van der Waals surface area (Å²) in [6.07, 6.45) is 7.50. The van der Waals surface area contributed by atoms with Crippen LogP contribution >= 0.6 is 0 Å². The largest absolute Gasteiger partial charge is 0.394 e. The van der Waals surface area contributed by atoms with E-state index in [4.69, 9.17) is 0 Å². The third-order valence-electron chi connectivity index (χ3n) is 5.27. The van der Waals surface area contributed by atoms with Gasteiger partial charge in [-0.3, -0.25) is 0 Å². The average Bonchev–Trinajstić information content (AvgIpc) is 3.01. The van der Waals surface area contributed by atoms with Crippen LogP contribution in [0.1, 0.15) is 52.4 Å². The highest BCUT2D eigenvalue weighted by Crippen LogP contribution is 2.38. The fourth-order valence-electron chi connectivity index (χ4n) is 4.00. The Morgan fingerprint density at radius 1 is 1.37 bits per heavy atom. The van der Waals surface area contributed by atoms with Gasteiger partial charge in [0.1, 0.15) is 0 Å². The van der Waals surface area contributed by atoms with Gasteiger partial charge in [-0.05, 0) is 63.6 Å². The molecule has 1 saturated heterocycles. The average molecular weight is 268 g/mol. The van der Waals surface area contributed by atoms with Gasteiger partial charge in [0.15, 0.2) is 0 Å². The molecule has 0 aromatic rings. The predicted octanol–water partition coefficient (Wildman–Crippen LogP) is 2.25. The van der Waals surface area contributed by atoms with Gasteiger partial charge in [0.2, 0.25) is 0 Å². The Balaban J connectivity index is 1.83. The van der Waals surface area contributed by atoms with Gasteiger partial charge >= 0.3 is 0 Å². The van der Waals surface area contributed by atoms with Crippen LogP contribution in [0.15, 0.2) is 0 Å². The topological polar surface area (TPSA) is 35.5 Å². The Kier molecular flexibility index (Phi) is 5.67. The van der Waals surface area contributed by atoms with E-state index in [2.05, 4.69) is 24.1 Å². The maximum Gasteiger partial charge on any atom is 0.0616 e. The van der Waals surface area contributed by atoms with Gasteiger partial charge in [-0.2, -0.15) is 0 Å². The van der Waals surface area contributed by atoms with Crippen molar-refractivity contribution in [1.82, 2.24) is 10.2 Å². The van der Waals surface area contributed by atoms with Gasteiger partial charge in [0.05, 0.1) is 6.61 Å². The second kappa shape index (κ2) is 7.05. The van der Waals surface area contributed by atoms with E-state index in [0.717, 1.165) is 25.3 Å². The van der Waals surface area contributed by atoms with E-state index in [1.807, 2.05) is 0 Å². The molecule has 2 N–H and O–H groups in total. The SMILES string of the molecule is CCCNC1(CO)CCCC1CCN1CCC(C)C1. The molecule has 19 heavy (non-hydrogen) atoms. The Bertz CT molecular complexity index is 271. The van der Waals surface area contributed by atoms with Crippen molar-refractivity contribution in [3.05, 3.63) is 0 Å². The fraction of sp³-hybridized carbons (Fsp3) is 1.00. The second-order valence-electron chi connectivity index (χ2n) is 6.81. The van der Waals surface area contributed by atoms with E-state index in [1.165, 1.54) is 45.3 Å². The van der Waals surface area contributed by atoms with E-state index in [-0.39, 0.29) is 5.54 Å². The molecule has 3 heteroatoms. The van der Waals surface area contributed by atoms with Crippen LogP contribution < -0.4 is 5.32 Å². The van der Waals surface area contributed by atoms with Crippen LogP contribution in [0.3, 0.4) is 0 Å². The Hall–Kier alpha value is -0.120. The number of nitrogens with zero attached hydrogens (tertiary/aromatic N) is 1. The van der Waals surface area contributed by atoms with Crippen LogP contribution in [0.25, 0.3) is 0 Å². The monoisotopic (exact) mass is 268 g/mol. The number of likely N-dealkylation sites (tertiary alicyclic amines) is 1.